The zero-order valence-corrected chi connectivity index (χ0v) is 35.2. The van der Waals surface area contributed by atoms with Crippen LogP contribution in [-0.4, -0.2) is 105 Å². The van der Waals surface area contributed by atoms with E-state index in [0.717, 1.165) is 24.0 Å². The lowest BCUT2D eigenvalue weighted by molar-refractivity contribution is -0.146. The van der Waals surface area contributed by atoms with E-state index in [0.29, 0.717) is 43.2 Å². The summed E-state index contributed by atoms with van der Waals surface area (Å²) in [5.74, 6) is -2.10. The first kappa shape index (κ1) is 47.5. The standard InChI is InChI=1S/C44H62N5O8P/c1-4-5-8-21-41(51)49(29-38-22-24-39(25-23-38)34-58(55,56)57)33-43(53)46(26-13-19-36-15-9-6-10-16-36)31-42(52)47(27-14-20-37-17-11-7-12-18-37)32-44(54)48(28-35(2)3)30-40(45)50/h6-7,9-12,15-18,22-25,35H,4-5,8,13-14,19-21,26-34H2,1-3H3,(H2,45,50)(H2,55,56,57). The van der Waals surface area contributed by atoms with Crippen LogP contribution in [0.5, 0.6) is 0 Å². The van der Waals surface area contributed by atoms with Crippen LogP contribution >= 0.6 is 7.60 Å². The fraction of sp³-hybridized carbons (Fsp3) is 0.477. The van der Waals surface area contributed by atoms with Crippen LogP contribution in [0.1, 0.15) is 81.5 Å². The number of hydrogen-bond donors (Lipinski definition) is 3. The molecule has 0 bridgehead atoms. The van der Waals surface area contributed by atoms with Crippen molar-refractivity contribution in [1.82, 2.24) is 19.6 Å². The van der Waals surface area contributed by atoms with Crippen molar-refractivity contribution < 1.29 is 38.3 Å². The maximum Gasteiger partial charge on any atom is 0.329 e. The van der Waals surface area contributed by atoms with Gasteiger partial charge in [0, 0.05) is 32.6 Å². The highest BCUT2D eigenvalue weighted by Gasteiger charge is 2.28. The number of benzene rings is 3. The van der Waals surface area contributed by atoms with Crippen LogP contribution in [0.25, 0.3) is 0 Å². The van der Waals surface area contributed by atoms with E-state index in [1.54, 1.807) is 24.3 Å². The highest BCUT2D eigenvalue weighted by atomic mass is 31.2. The molecule has 0 radical (unpaired) electrons. The molecule has 0 aliphatic carbocycles. The van der Waals surface area contributed by atoms with Gasteiger partial charge < -0.3 is 35.1 Å². The van der Waals surface area contributed by atoms with E-state index in [1.807, 2.05) is 81.4 Å². The van der Waals surface area contributed by atoms with Gasteiger partial charge in [-0.2, -0.15) is 0 Å². The summed E-state index contributed by atoms with van der Waals surface area (Å²) in [5.41, 5.74) is 8.77. The van der Waals surface area contributed by atoms with Crippen molar-refractivity contribution in [2.75, 3.05) is 45.8 Å². The predicted molar refractivity (Wildman–Crippen MR) is 225 cm³/mol. The van der Waals surface area contributed by atoms with E-state index < -0.39 is 37.4 Å². The normalized spacial score (nSPS) is 11.3. The number of nitrogens with zero attached hydrogens (tertiary/aromatic N) is 4. The number of carbonyl (C=O) groups excluding carboxylic acids is 5. The molecule has 14 heteroatoms. The largest absolute Gasteiger partial charge is 0.368 e. The average molecular weight is 820 g/mol. The van der Waals surface area contributed by atoms with Gasteiger partial charge in [0.15, 0.2) is 0 Å². The number of unbranched alkanes of at least 4 members (excludes halogenated alkanes) is 2. The minimum Gasteiger partial charge on any atom is -0.368 e. The number of amides is 5. The van der Waals surface area contributed by atoms with E-state index in [9.17, 15) is 38.3 Å². The van der Waals surface area contributed by atoms with Gasteiger partial charge in [-0.15, -0.1) is 0 Å². The monoisotopic (exact) mass is 819 g/mol. The summed E-state index contributed by atoms with van der Waals surface area (Å²) in [5, 5.41) is 0. The molecule has 4 N–H and O–H groups in total. The minimum atomic E-state index is -4.27. The van der Waals surface area contributed by atoms with Crippen molar-refractivity contribution in [3.05, 3.63) is 107 Å². The van der Waals surface area contributed by atoms with Gasteiger partial charge in [-0.3, -0.25) is 28.5 Å². The Hall–Kier alpha value is -4.84. The molecule has 316 valence electrons. The molecule has 0 aliphatic rings. The quantitative estimate of drug-likeness (QED) is 0.0733. The Kier molecular flexibility index (Phi) is 20.3. The maximum absolute atomic E-state index is 14.3. The fourth-order valence-corrected chi connectivity index (χ4v) is 7.31. The summed E-state index contributed by atoms with van der Waals surface area (Å²) in [7, 11) is -4.27. The Bertz CT molecular complexity index is 1790. The number of aryl methyl sites for hydroxylation is 2. The molecule has 0 fully saturated rings. The molecule has 0 heterocycles. The first-order valence-corrected chi connectivity index (χ1v) is 22.0. The molecule has 58 heavy (non-hydrogen) atoms. The van der Waals surface area contributed by atoms with Gasteiger partial charge in [0.1, 0.15) is 6.54 Å². The first-order valence-electron chi connectivity index (χ1n) is 20.2. The second kappa shape index (κ2) is 24.8. The number of primary amides is 1. The minimum absolute atomic E-state index is 0.0496. The van der Waals surface area contributed by atoms with Crippen LogP contribution in [0.3, 0.4) is 0 Å². The lowest BCUT2D eigenvalue weighted by Crippen LogP contribution is -2.51. The molecular weight excluding hydrogens is 757 g/mol. The molecule has 0 saturated heterocycles. The highest BCUT2D eigenvalue weighted by Crippen LogP contribution is 2.39. The molecule has 0 aromatic heterocycles. The van der Waals surface area contributed by atoms with Gasteiger partial charge in [-0.05, 0) is 60.3 Å². The van der Waals surface area contributed by atoms with Gasteiger partial charge in [-0.25, -0.2) is 0 Å². The molecule has 0 atom stereocenters. The molecule has 3 aromatic rings. The Morgan fingerprint density at radius 3 is 1.50 bits per heavy atom. The molecule has 0 saturated carbocycles. The van der Waals surface area contributed by atoms with Crippen LogP contribution in [0, 0.1) is 5.92 Å². The van der Waals surface area contributed by atoms with Crippen LogP contribution in [0.15, 0.2) is 84.9 Å². The molecule has 13 nitrogen and oxygen atoms in total. The number of nitrogens with two attached hydrogens (primary N) is 1. The van der Waals surface area contributed by atoms with Crippen molar-refractivity contribution in [2.45, 2.75) is 84.8 Å². The van der Waals surface area contributed by atoms with Crippen LogP contribution in [0.2, 0.25) is 0 Å². The summed E-state index contributed by atoms with van der Waals surface area (Å²) in [6, 6.07) is 26.2. The number of carbonyl (C=O) groups is 5. The lowest BCUT2D eigenvalue weighted by atomic mass is 10.1. The van der Waals surface area contributed by atoms with Crippen molar-refractivity contribution >= 4 is 37.1 Å². The third-order valence-corrected chi connectivity index (χ3v) is 10.4. The third kappa shape index (κ3) is 18.6. The first-order chi connectivity index (χ1) is 27.6. The summed E-state index contributed by atoms with van der Waals surface area (Å²) < 4.78 is 11.5. The molecule has 0 aliphatic heterocycles. The zero-order chi connectivity index (χ0) is 42.5. The lowest BCUT2D eigenvalue weighted by Gasteiger charge is -2.31. The Labute approximate surface area is 343 Å². The fourth-order valence-electron chi connectivity index (χ4n) is 6.62. The molecule has 3 aromatic carbocycles. The van der Waals surface area contributed by atoms with Crippen LogP contribution < -0.4 is 5.73 Å². The van der Waals surface area contributed by atoms with Gasteiger partial charge in [0.25, 0.3) is 0 Å². The Morgan fingerprint density at radius 1 is 0.586 bits per heavy atom. The molecule has 5 amide bonds. The van der Waals surface area contributed by atoms with Gasteiger partial charge in [0.2, 0.25) is 29.5 Å². The third-order valence-electron chi connectivity index (χ3n) is 9.57. The van der Waals surface area contributed by atoms with Gasteiger partial charge >= 0.3 is 7.60 Å². The summed E-state index contributed by atoms with van der Waals surface area (Å²) in [6.45, 7) is 5.53. The summed E-state index contributed by atoms with van der Waals surface area (Å²) in [4.78, 5) is 92.4. The maximum atomic E-state index is 14.3. The van der Waals surface area contributed by atoms with Crippen molar-refractivity contribution in [2.24, 2.45) is 11.7 Å². The smallest absolute Gasteiger partial charge is 0.329 e. The predicted octanol–water partition coefficient (Wildman–Crippen LogP) is 5.17. The van der Waals surface area contributed by atoms with E-state index in [1.165, 1.54) is 19.6 Å². The van der Waals surface area contributed by atoms with E-state index in [2.05, 4.69) is 0 Å². The Balaban J connectivity index is 1.89. The molecule has 0 spiro atoms. The SMILES string of the molecule is CCCCCC(=O)N(CC(=O)N(CCCc1ccccc1)CC(=O)N(CCCc1ccccc1)CC(=O)N(CC(N)=O)CC(C)C)Cc1ccc(CP(=O)(O)O)cc1. The van der Waals surface area contributed by atoms with E-state index in [4.69, 9.17) is 5.73 Å². The van der Waals surface area contributed by atoms with Crippen molar-refractivity contribution in [3.63, 3.8) is 0 Å². The van der Waals surface area contributed by atoms with Crippen molar-refractivity contribution in [1.29, 1.82) is 0 Å². The second-order valence-electron chi connectivity index (χ2n) is 15.3. The van der Waals surface area contributed by atoms with Crippen LogP contribution in [-0.2, 0) is 54.1 Å². The topological polar surface area (TPSA) is 182 Å². The summed E-state index contributed by atoms with van der Waals surface area (Å²) >= 11 is 0. The summed E-state index contributed by atoms with van der Waals surface area (Å²) in [6.07, 6.45) is 4.63. The second-order valence-corrected chi connectivity index (χ2v) is 16.9. The van der Waals surface area contributed by atoms with Crippen LogP contribution in [0.4, 0.5) is 0 Å². The molecule has 3 rings (SSSR count). The average Bonchev–Trinajstić information content (AvgIpc) is 3.17. The number of hydrogen-bond acceptors (Lipinski definition) is 6. The zero-order valence-electron chi connectivity index (χ0n) is 34.3. The number of rotatable bonds is 26. The van der Waals surface area contributed by atoms with Crippen molar-refractivity contribution in [3.8, 4) is 0 Å². The van der Waals surface area contributed by atoms with Gasteiger partial charge in [-0.1, -0.05) is 119 Å². The Morgan fingerprint density at radius 2 is 1.05 bits per heavy atom. The molecular formula is C44H62N5O8P. The van der Waals surface area contributed by atoms with E-state index in [-0.39, 0.29) is 70.6 Å². The highest BCUT2D eigenvalue weighted by molar-refractivity contribution is 7.50. The van der Waals surface area contributed by atoms with E-state index >= 15 is 0 Å². The molecule has 0 unspecified atom stereocenters. The van der Waals surface area contributed by atoms with Gasteiger partial charge in [0.05, 0.1) is 25.8 Å².